The molecule has 3 fully saturated rings. The van der Waals surface area contributed by atoms with Gasteiger partial charge in [-0.05, 0) is 97.6 Å². The van der Waals surface area contributed by atoms with E-state index in [0.717, 1.165) is 55.3 Å². The Morgan fingerprint density at radius 3 is 2.12 bits per heavy atom. The van der Waals surface area contributed by atoms with E-state index in [4.69, 9.17) is 32.4 Å². The highest BCUT2D eigenvalue weighted by Crippen LogP contribution is 2.41. The van der Waals surface area contributed by atoms with E-state index in [9.17, 15) is 9.59 Å². The lowest BCUT2D eigenvalue weighted by atomic mass is 9.92. The number of rotatable bonds is 7. The standard InChI is InChI=1S/C34H46Cl2N2O4Si/c1-34(2,3)43(4,5)42-28-12-10-27(11-13-28)38-15-14-25(33(38)40)20-29-30(35)21-26(22-31(29)36)23-6-8-24(9-7-23)32(39)37-16-18-41-19-17-37/h6-9,21-22,25,27-28H,10-20H2,1-5H3. The third kappa shape index (κ3) is 7.33. The Bertz CT molecular complexity index is 1290. The first-order valence-corrected chi connectivity index (χ1v) is 19.4. The van der Waals surface area contributed by atoms with Gasteiger partial charge in [0.15, 0.2) is 8.32 Å². The van der Waals surface area contributed by atoms with Gasteiger partial charge in [-0.15, -0.1) is 0 Å². The molecule has 0 radical (unpaired) electrons. The molecule has 43 heavy (non-hydrogen) atoms. The third-order valence-electron chi connectivity index (χ3n) is 10.1. The van der Waals surface area contributed by atoms with Gasteiger partial charge in [-0.3, -0.25) is 9.59 Å². The summed E-state index contributed by atoms with van der Waals surface area (Å²) in [6, 6.07) is 11.7. The predicted octanol–water partition coefficient (Wildman–Crippen LogP) is 7.86. The fourth-order valence-electron chi connectivity index (χ4n) is 6.35. The van der Waals surface area contributed by atoms with Gasteiger partial charge in [0.05, 0.1) is 13.2 Å². The molecular formula is C34H46Cl2N2O4Si. The van der Waals surface area contributed by atoms with Crippen molar-refractivity contribution in [1.29, 1.82) is 0 Å². The summed E-state index contributed by atoms with van der Waals surface area (Å²) in [7, 11) is -1.79. The van der Waals surface area contributed by atoms with Crippen molar-refractivity contribution in [3.05, 3.63) is 57.6 Å². The van der Waals surface area contributed by atoms with Crippen LogP contribution in [0.5, 0.6) is 0 Å². The molecule has 2 saturated heterocycles. The van der Waals surface area contributed by atoms with E-state index in [1.165, 1.54) is 0 Å². The van der Waals surface area contributed by atoms with Crippen LogP contribution in [0.3, 0.4) is 0 Å². The molecule has 9 heteroatoms. The van der Waals surface area contributed by atoms with E-state index < -0.39 is 8.32 Å². The summed E-state index contributed by atoms with van der Waals surface area (Å²) in [5, 5.41) is 1.35. The van der Waals surface area contributed by atoms with Crippen molar-refractivity contribution in [2.75, 3.05) is 32.8 Å². The molecule has 0 aromatic heterocycles. The molecule has 2 heterocycles. The van der Waals surface area contributed by atoms with Crippen molar-refractivity contribution < 1.29 is 18.8 Å². The lowest BCUT2D eigenvalue weighted by Gasteiger charge is -2.42. The fourth-order valence-corrected chi connectivity index (χ4v) is 8.41. The number of amides is 2. The number of ether oxygens (including phenoxy) is 1. The van der Waals surface area contributed by atoms with Crippen LogP contribution < -0.4 is 0 Å². The van der Waals surface area contributed by atoms with Crippen LogP contribution in [-0.4, -0.2) is 74.9 Å². The number of hydrogen-bond acceptors (Lipinski definition) is 4. The molecule has 1 aliphatic carbocycles. The number of morpholine rings is 1. The van der Waals surface area contributed by atoms with E-state index >= 15 is 0 Å². The van der Waals surface area contributed by atoms with Crippen LogP contribution >= 0.6 is 23.2 Å². The average Bonchev–Trinajstić information content (AvgIpc) is 3.34. The van der Waals surface area contributed by atoms with Crippen LogP contribution in [0.15, 0.2) is 36.4 Å². The Kier molecular flexibility index (Phi) is 9.99. The molecule has 2 aromatic carbocycles. The van der Waals surface area contributed by atoms with Crippen molar-refractivity contribution in [2.45, 2.75) is 89.6 Å². The summed E-state index contributed by atoms with van der Waals surface area (Å²) in [5.41, 5.74) is 3.31. The second-order valence-electron chi connectivity index (χ2n) is 13.9. The second-order valence-corrected chi connectivity index (χ2v) is 19.5. The van der Waals surface area contributed by atoms with Gasteiger partial charge < -0.3 is 19.0 Å². The van der Waals surface area contributed by atoms with Gasteiger partial charge in [-0.1, -0.05) is 56.1 Å². The summed E-state index contributed by atoms with van der Waals surface area (Å²) in [5.74, 6) is 0.141. The first-order valence-electron chi connectivity index (χ1n) is 15.8. The minimum atomic E-state index is -1.79. The quantitative estimate of drug-likeness (QED) is 0.288. The minimum absolute atomic E-state index is 0.0176. The summed E-state index contributed by atoms with van der Waals surface area (Å²) in [4.78, 5) is 30.3. The van der Waals surface area contributed by atoms with E-state index in [2.05, 4.69) is 38.8 Å². The first kappa shape index (κ1) is 32.5. The minimum Gasteiger partial charge on any atom is -0.414 e. The van der Waals surface area contributed by atoms with E-state index in [-0.39, 0.29) is 22.8 Å². The Morgan fingerprint density at radius 2 is 1.53 bits per heavy atom. The molecule has 6 nitrogen and oxygen atoms in total. The van der Waals surface area contributed by atoms with Gasteiger partial charge in [-0.25, -0.2) is 0 Å². The summed E-state index contributed by atoms with van der Waals surface area (Å²) >= 11 is 13.6. The van der Waals surface area contributed by atoms with Crippen LogP contribution in [0.4, 0.5) is 0 Å². The zero-order chi connectivity index (χ0) is 30.9. The molecule has 1 unspecified atom stereocenters. The van der Waals surface area contributed by atoms with E-state index in [1.807, 2.05) is 41.3 Å². The second kappa shape index (κ2) is 13.2. The lowest BCUT2D eigenvalue weighted by Crippen LogP contribution is -2.47. The van der Waals surface area contributed by atoms with Crippen molar-refractivity contribution in [2.24, 2.45) is 5.92 Å². The highest BCUT2D eigenvalue weighted by molar-refractivity contribution is 6.74. The number of likely N-dealkylation sites (tertiary alicyclic amines) is 1. The van der Waals surface area contributed by atoms with E-state index in [0.29, 0.717) is 60.5 Å². The lowest BCUT2D eigenvalue weighted by molar-refractivity contribution is -0.133. The smallest absolute Gasteiger partial charge is 0.254 e. The highest BCUT2D eigenvalue weighted by atomic mass is 35.5. The number of benzene rings is 2. The van der Waals surface area contributed by atoms with Gasteiger partial charge in [0, 0.05) is 53.3 Å². The maximum atomic E-state index is 13.5. The summed E-state index contributed by atoms with van der Waals surface area (Å²) in [6.45, 7) is 14.7. The van der Waals surface area contributed by atoms with Gasteiger partial charge in [0.1, 0.15) is 0 Å². The number of carbonyl (C=O) groups excluding carboxylic acids is 2. The first-order chi connectivity index (χ1) is 20.3. The molecular weight excluding hydrogens is 599 g/mol. The average molecular weight is 646 g/mol. The summed E-state index contributed by atoms with van der Waals surface area (Å²) < 4.78 is 12.0. The molecule has 2 amide bonds. The normalized spacial score (nSPS) is 23.6. The highest BCUT2D eigenvalue weighted by Gasteiger charge is 2.42. The molecule has 5 rings (SSSR count). The molecule has 2 aromatic rings. The van der Waals surface area contributed by atoms with Crippen molar-refractivity contribution in [3.63, 3.8) is 0 Å². The van der Waals surface area contributed by atoms with Crippen molar-refractivity contribution in [1.82, 2.24) is 9.80 Å². The Labute approximate surface area is 268 Å². The monoisotopic (exact) mass is 644 g/mol. The van der Waals surface area contributed by atoms with Crippen LogP contribution in [0.1, 0.15) is 68.8 Å². The number of carbonyl (C=O) groups is 2. The topological polar surface area (TPSA) is 59.1 Å². The predicted molar refractivity (Wildman–Crippen MR) is 176 cm³/mol. The van der Waals surface area contributed by atoms with Gasteiger partial charge >= 0.3 is 0 Å². The largest absolute Gasteiger partial charge is 0.414 e. The molecule has 2 aliphatic heterocycles. The van der Waals surface area contributed by atoms with Gasteiger partial charge in [0.25, 0.3) is 5.91 Å². The number of halogens is 2. The van der Waals surface area contributed by atoms with Crippen LogP contribution in [0.2, 0.25) is 28.2 Å². The van der Waals surface area contributed by atoms with Gasteiger partial charge in [0.2, 0.25) is 5.91 Å². The zero-order valence-electron chi connectivity index (χ0n) is 26.3. The van der Waals surface area contributed by atoms with Crippen LogP contribution in [0.25, 0.3) is 11.1 Å². The molecule has 1 saturated carbocycles. The Balaban J connectivity index is 1.18. The SMILES string of the molecule is CC(C)(C)[Si](C)(C)OC1CCC(N2CCC(Cc3c(Cl)cc(-c4ccc(C(=O)N5CCOCC5)cc4)cc3Cl)C2=O)CC1. The van der Waals surface area contributed by atoms with E-state index in [1.54, 1.807) is 0 Å². The molecule has 234 valence electrons. The van der Waals surface area contributed by atoms with Crippen LogP contribution in [-0.2, 0) is 20.4 Å². The van der Waals surface area contributed by atoms with Crippen molar-refractivity contribution in [3.8, 4) is 11.1 Å². The zero-order valence-corrected chi connectivity index (χ0v) is 28.8. The number of hydrogen-bond donors (Lipinski definition) is 0. The molecule has 0 N–H and O–H groups in total. The third-order valence-corrected chi connectivity index (χ3v) is 15.3. The number of nitrogens with zero attached hydrogens (tertiary/aromatic N) is 2. The molecule has 3 aliphatic rings. The fraction of sp³-hybridized carbons (Fsp3) is 0.588. The maximum Gasteiger partial charge on any atom is 0.254 e. The van der Waals surface area contributed by atoms with Gasteiger partial charge in [-0.2, -0.15) is 0 Å². The molecule has 1 atom stereocenters. The van der Waals surface area contributed by atoms with Crippen molar-refractivity contribution >= 4 is 43.3 Å². The summed E-state index contributed by atoms with van der Waals surface area (Å²) in [6.07, 6.45) is 5.73. The molecule has 0 bridgehead atoms. The Morgan fingerprint density at radius 1 is 0.930 bits per heavy atom. The molecule has 0 spiro atoms. The van der Waals surface area contributed by atoms with Crippen LogP contribution in [0, 0.1) is 5.92 Å². The maximum absolute atomic E-state index is 13.5. The Hall–Kier alpha value is -1.90.